The van der Waals surface area contributed by atoms with E-state index in [2.05, 4.69) is 12.2 Å². The van der Waals surface area contributed by atoms with Crippen LogP contribution in [-0.2, 0) is 16.7 Å². The Bertz CT molecular complexity index is 1070. The Morgan fingerprint density at radius 1 is 1.38 bits per heavy atom. The number of carbonyl (C=O) groups is 1. The molecule has 10 nitrogen and oxygen atoms in total. The normalized spacial score (nSPS) is 11.0. The van der Waals surface area contributed by atoms with Gasteiger partial charge < -0.3 is 15.0 Å². The first-order valence-corrected chi connectivity index (χ1v) is 9.90. The molecule has 0 radical (unpaired) electrons. The number of nitro benzene ring substituents is 1. The minimum absolute atomic E-state index is 0.0651. The van der Waals surface area contributed by atoms with E-state index in [1.54, 1.807) is 6.07 Å². The number of nitrogens with zero attached hydrogens (tertiary/aromatic N) is 2. The molecule has 0 fully saturated rings. The summed E-state index contributed by atoms with van der Waals surface area (Å²) in [4.78, 5) is 22.0. The van der Waals surface area contributed by atoms with E-state index in [1.165, 1.54) is 19.1 Å². The Morgan fingerprint density at radius 3 is 2.55 bits per heavy atom. The van der Waals surface area contributed by atoms with Gasteiger partial charge in [-0.3, -0.25) is 10.1 Å². The molecule has 0 aromatic heterocycles. The van der Waals surface area contributed by atoms with Crippen LogP contribution in [0.4, 0.5) is 10.5 Å². The van der Waals surface area contributed by atoms with Crippen molar-refractivity contribution in [3.63, 3.8) is 0 Å². The second kappa shape index (κ2) is 8.59. The van der Waals surface area contributed by atoms with Gasteiger partial charge in [-0.1, -0.05) is 23.7 Å². The zero-order valence-electron chi connectivity index (χ0n) is 14.7. The standard InChI is InChI=1S/C16H14ClN3O7S2/c1-9-3-2-4-12(17)14(9)29(25,26)27-11-6-5-10(13(7-11)20(23)24)8-19(15(18)28)16(21)22/h2-7H,8H2,1H3,(H2,18,28)(H,21,22). The van der Waals surface area contributed by atoms with Crippen LogP contribution >= 0.6 is 23.8 Å². The van der Waals surface area contributed by atoms with Crippen molar-refractivity contribution in [1.29, 1.82) is 0 Å². The van der Waals surface area contributed by atoms with Crippen LogP contribution in [0.25, 0.3) is 0 Å². The highest BCUT2D eigenvalue weighted by atomic mass is 35.5. The number of hydrogen-bond acceptors (Lipinski definition) is 7. The molecule has 0 saturated heterocycles. The van der Waals surface area contributed by atoms with Crippen LogP contribution in [0.1, 0.15) is 11.1 Å². The van der Waals surface area contributed by atoms with Crippen molar-refractivity contribution >= 4 is 50.8 Å². The third kappa shape index (κ3) is 5.10. The molecular formula is C16H14ClN3O7S2. The van der Waals surface area contributed by atoms with Crippen LogP contribution in [0.5, 0.6) is 5.75 Å². The maximum absolute atomic E-state index is 12.6. The summed E-state index contributed by atoms with van der Waals surface area (Å²) in [5, 5.41) is 19.9. The smallest absolute Gasteiger partial charge is 0.413 e. The highest BCUT2D eigenvalue weighted by molar-refractivity contribution is 7.87. The summed E-state index contributed by atoms with van der Waals surface area (Å²) >= 11 is 10.6. The summed E-state index contributed by atoms with van der Waals surface area (Å²) in [5.41, 5.74) is 5.00. The van der Waals surface area contributed by atoms with Gasteiger partial charge in [-0.2, -0.15) is 8.42 Å². The van der Waals surface area contributed by atoms with Crippen molar-refractivity contribution in [2.75, 3.05) is 0 Å². The van der Waals surface area contributed by atoms with Gasteiger partial charge in [0.2, 0.25) is 0 Å². The molecule has 1 amide bonds. The van der Waals surface area contributed by atoms with Crippen molar-refractivity contribution in [2.45, 2.75) is 18.4 Å². The quantitative estimate of drug-likeness (QED) is 0.287. The third-order valence-corrected chi connectivity index (χ3v) is 5.80. The molecule has 0 spiro atoms. The molecule has 0 unspecified atom stereocenters. The summed E-state index contributed by atoms with van der Waals surface area (Å²) in [7, 11) is -4.38. The molecule has 2 aromatic rings. The number of aryl methyl sites for hydroxylation is 1. The second-order valence-electron chi connectivity index (χ2n) is 5.68. The topological polar surface area (TPSA) is 153 Å². The highest BCUT2D eigenvalue weighted by Gasteiger charge is 2.26. The van der Waals surface area contributed by atoms with E-state index >= 15 is 0 Å². The van der Waals surface area contributed by atoms with E-state index in [1.807, 2.05) is 0 Å². The molecule has 29 heavy (non-hydrogen) atoms. The first-order valence-electron chi connectivity index (χ1n) is 7.71. The van der Waals surface area contributed by atoms with Crippen molar-refractivity contribution in [3.8, 4) is 5.75 Å². The van der Waals surface area contributed by atoms with E-state index in [0.717, 1.165) is 18.2 Å². The summed E-state index contributed by atoms with van der Waals surface area (Å²) in [6, 6.07) is 7.60. The average molecular weight is 460 g/mol. The van der Waals surface area contributed by atoms with Gasteiger partial charge in [-0.15, -0.1) is 0 Å². The van der Waals surface area contributed by atoms with Gasteiger partial charge in [-0.25, -0.2) is 9.69 Å². The third-order valence-electron chi connectivity index (χ3n) is 3.70. The molecule has 154 valence electrons. The van der Waals surface area contributed by atoms with E-state index in [-0.39, 0.29) is 21.2 Å². The molecule has 0 aliphatic carbocycles. The number of carboxylic acid groups (broad SMARTS) is 1. The largest absolute Gasteiger partial charge is 0.465 e. The van der Waals surface area contributed by atoms with Crippen LogP contribution in [0, 0.1) is 17.0 Å². The number of nitrogens with two attached hydrogens (primary N) is 1. The van der Waals surface area contributed by atoms with Crippen LogP contribution in [0.2, 0.25) is 5.02 Å². The van der Waals surface area contributed by atoms with Gasteiger partial charge in [0.05, 0.1) is 28.1 Å². The van der Waals surface area contributed by atoms with Gasteiger partial charge in [0, 0.05) is 0 Å². The van der Waals surface area contributed by atoms with E-state index < -0.39 is 38.5 Å². The summed E-state index contributed by atoms with van der Waals surface area (Å²) < 4.78 is 30.1. The zero-order valence-corrected chi connectivity index (χ0v) is 17.1. The second-order valence-corrected chi connectivity index (χ2v) is 7.99. The Morgan fingerprint density at radius 2 is 2.03 bits per heavy atom. The predicted octanol–water partition coefficient (Wildman–Crippen LogP) is 3.05. The Hall–Kier alpha value is -2.96. The SMILES string of the molecule is Cc1cccc(Cl)c1S(=O)(=O)Oc1ccc(CN(C(=O)O)C(N)=S)c([N+](=O)[O-])c1. The minimum atomic E-state index is -4.38. The van der Waals surface area contributed by atoms with Crippen molar-refractivity contribution in [2.24, 2.45) is 5.73 Å². The monoisotopic (exact) mass is 459 g/mol. The molecular weight excluding hydrogens is 446 g/mol. The van der Waals surface area contributed by atoms with Crippen LogP contribution in [0.15, 0.2) is 41.3 Å². The molecule has 0 saturated carbocycles. The lowest BCUT2D eigenvalue weighted by atomic mass is 10.1. The molecule has 0 aliphatic heterocycles. The predicted molar refractivity (Wildman–Crippen MR) is 107 cm³/mol. The Balaban J connectivity index is 2.44. The lowest BCUT2D eigenvalue weighted by Crippen LogP contribution is -2.39. The van der Waals surface area contributed by atoms with E-state index in [9.17, 15) is 23.3 Å². The summed E-state index contributed by atoms with van der Waals surface area (Å²) in [6.45, 7) is 1.02. The van der Waals surface area contributed by atoms with Gasteiger partial charge >= 0.3 is 16.2 Å². The van der Waals surface area contributed by atoms with E-state index in [4.69, 9.17) is 26.6 Å². The molecule has 0 atom stereocenters. The van der Waals surface area contributed by atoms with Gasteiger partial charge in [0.1, 0.15) is 10.6 Å². The van der Waals surface area contributed by atoms with Gasteiger partial charge in [-0.05, 0) is 42.9 Å². The lowest BCUT2D eigenvalue weighted by Gasteiger charge is -2.17. The summed E-state index contributed by atoms with van der Waals surface area (Å²) in [5.74, 6) is -0.350. The first kappa shape index (κ1) is 22.3. The zero-order chi connectivity index (χ0) is 21.9. The molecule has 13 heteroatoms. The van der Waals surface area contributed by atoms with Gasteiger partial charge in [0.15, 0.2) is 5.11 Å². The van der Waals surface area contributed by atoms with Crippen molar-refractivity contribution < 1.29 is 27.4 Å². The first-order chi connectivity index (χ1) is 13.4. The molecule has 2 rings (SSSR count). The molecule has 0 heterocycles. The number of benzene rings is 2. The Kier molecular flexibility index (Phi) is 6.62. The fourth-order valence-corrected chi connectivity index (χ4v) is 4.27. The number of amides is 1. The number of halogens is 1. The number of nitro groups is 1. The Labute approximate surface area is 175 Å². The van der Waals surface area contributed by atoms with E-state index in [0.29, 0.717) is 10.5 Å². The van der Waals surface area contributed by atoms with Crippen molar-refractivity contribution in [1.82, 2.24) is 4.90 Å². The lowest BCUT2D eigenvalue weighted by molar-refractivity contribution is -0.385. The molecule has 0 bridgehead atoms. The average Bonchev–Trinajstić information content (AvgIpc) is 2.58. The number of thiocarbonyl (C=S) groups is 1. The van der Waals surface area contributed by atoms with Crippen molar-refractivity contribution in [3.05, 3.63) is 62.7 Å². The molecule has 0 aliphatic rings. The number of rotatable bonds is 6. The summed E-state index contributed by atoms with van der Waals surface area (Å²) in [6.07, 6.45) is -1.50. The minimum Gasteiger partial charge on any atom is -0.465 e. The molecule has 3 N–H and O–H groups in total. The van der Waals surface area contributed by atoms with Crippen LogP contribution in [-0.4, -0.2) is 34.6 Å². The maximum atomic E-state index is 12.6. The highest BCUT2D eigenvalue weighted by Crippen LogP contribution is 2.31. The fourth-order valence-electron chi connectivity index (χ4n) is 2.41. The van der Waals surface area contributed by atoms with Crippen LogP contribution < -0.4 is 9.92 Å². The molecule has 2 aromatic carbocycles. The van der Waals surface area contributed by atoms with Crippen LogP contribution in [0.3, 0.4) is 0 Å². The number of hydrogen-bond donors (Lipinski definition) is 2. The fraction of sp³-hybridized carbons (Fsp3) is 0.125. The maximum Gasteiger partial charge on any atom is 0.413 e. The van der Waals surface area contributed by atoms with Gasteiger partial charge in [0.25, 0.3) is 5.69 Å².